The van der Waals surface area contributed by atoms with Gasteiger partial charge in [0, 0.05) is 11.9 Å². The number of carbonyl (C=O) groups excluding carboxylic acids is 1. The molecule has 5 nitrogen and oxygen atoms in total. The summed E-state index contributed by atoms with van der Waals surface area (Å²) in [6, 6.07) is 13.7. The average Bonchev–Trinajstić information content (AvgIpc) is 2.67. The second-order valence-electron chi connectivity index (χ2n) is 6.51. The van der Waals surface area contributed by atoms with Gasteiger partial charge in [-0.3, -0.25) is 9.78 Å². The first kappa shape index (κ1) is 18.7. The predicted octanol–water partition coefficient (Wildman–Crippen LogP) is 3.84. The lowest BCUT2D eigenvalue weighted by molar-refractivity contribution is 0.0953. The fourth-order valence-corrected chi connectivity index (χ4v) is 3.07. The van der Waals surface area contributed by atoms with Crippen molar-refractivity contribution < 1.29 is 14.3 Å². The molecule has 1 amide bonds. The van der Waals surface area contributed by atoms with Gasteiger partial charge in [0.25, 0.3) is 5.91 Å². The molecular weight excluding hydrogens is 340 g/mol. The number of methoxy groups -OCH3 is 2. The molecule has 1 aromatic heterocycles. The molecule has 5 heteroatoms. The summed E-state index contributed by atoms with van der Waals surface area (Å²) in [6.45, 7) is 4.42. The molecule has 3 rings (SSSR count). The van der Waals surface area contributed by atoms with Crippen LogP contribution < -0.4 is 14.8 Å². The Hall–Kier alpha value is -3.08. The molecule has 0 saturated heterocycles. The Morgan fingerprint density at radius 3 is 2.52 bits per heavy atom. The van der Waals surface area contributed by atoms with Crippen LogP contribution in [0.15, 0.2) is 42.5 Å². The Kier molecular flexibility index (Phi) is 5.60. The molecule has 0 saturated carbocycles. The van der Waals surface area contributed by atoms with Crippen molar-refractivity contribution >= 4 is 16.8 Å². The molecule has 0 spiro atoms. The highest BCUT2D eigenvalue weighted by Gasteiger charge is 2.12. The van der Waals surface area contributed by atoms with E-state index in [1.54, 1.807) is 14.2 Å². The normalized spacial score (nSPS) is 10.7. The van der Waals surface area contributed by atoms with Crippen molar-refractivity contribution in [2.24, 2.45) is 0 Å². The third-order valence-corrected chi connectivity index (χ3v) is 4.55. The van der Waals surface area contributed by atoms with Crippen molar-refractivity contribution in [2.75, 3.05) is 20.8 Å². The summed E-state index contributed by atoms with van der Waals surface area (Å²) in [5.74, 6) is 1.27. The van der Waals surface area contributed by atoms with Gasteiger partial charge in [0.15, 0.2) is 11.5 Å². The molecule has 27 heavy (non-hydrogen) atoms. The van der Waals surface area contributed by atoms with Crippen molar-refractivity contribution in [1.82, 2.24) is 10.3 Å². The van der Waals surface area contributed by atoms with E-state index in [1.165, 1.54) is 0 Å². The number of carbonyl (C=O) groups is 1. The number of amides is 1. The Morgan fingerprint density at radius 1 is 1.00 bits per heavy atom. The number of hydrogen-bond donors (Lipinski definition) is 1. The van der Waals surface area contributed by atoms with Gasteiger partial charge in [-0.2, -0.15) is 0 Å². The molecule has 0 aliphatic rings. The van der Waals surface area contributed by atoms with E-state index < -0.39 is 0 Å². The molecule has 0 fully saturated rings. The third-order valence-electron chi connectivity index (χ3n) is 4.55. The Morgan fingerprint density at radius 2 is 1.78 bits per heavy atom. The zero-order chi connectivity index (χ0) is 19.4. The molecule has 2 aromatic carbocycles. The molecule has 0 aliphatic carbocycles. The number of hydrogen-bond acceptors (Lipinski definition) is 4. The first-order chi connectivity index (χ1) is 13.0. The fraction of sp³-hybridized carbons (Fsp3) is 0.273. The lowest BCUT2D eigenvalue weighted by atomic mass is 10.1. The molecular formula is C22H24N2O3. The maximum Gasteiger partial charge on any atom is 0.253 e. The highest BCUT2D eigenvalue weighted by atomic mass is 16.5. The van der Waals surface area contributed by atoms with Crippen molar-refractivity contribution in [3.05, 3.63) is 64.8 Å². The van der Waals surface area contributed by atoms with E-state index in [-0.39, 0.29) is 5.91 Å². The highest BCUT2D eigenvalue weighted by molar-refractivity contribution is 5.98. The van der Waals surface area contributed by atoms with Crippen molar-refractivity contribution in [3.8, 4) is 11.5 Å². The molecule has 140 valence electrons. The standard InChI is InChI=1S/C22H24N2O3/c1-14-5-7-19-17(11-14)13-18(15(2)24-19)22(25)23-10-9-16-6-8-20(26-3)21(12-16)27-4/h5-8,11-13H,9-10H2,1-4H3,(H,23,25). The van der Waals surface area contributed by atoms with Crippen molar-refractivity contribution in [2.45, 2.75) is 20.3 Å². The predicted molar refractivity (Wildman–Crippen MR) is 107 cm³/mol. The maximum atomic E-state index is 12.6. The number of nitrogens with one attached hydrogen (secondary N) is 1. The van der Waals surface area contributed by atoms with Crippen LogP contribution in [0.1, 0.15) is 27.2 Å². The molecule has 3 aromatic rings. The summed E-state index contributed by atoms with van der Waals surface area (Å²) >= 11 is 0. The molecule has 0 unspecified atom stereocenters. The van der Waals surface area contributed by atoms with Gasteiger partial charge < -0.3 is 14.8 Å². The van der Waals surface area contributed by atoms with Gasteiger partial charge in [-0.05, 0) is 56.2 Å². The van der Waals surface area contributed by atoms with Crippen LogP contribution in [0, 0.1) is 13.8 Å². The van der Waals surface area contributed by atoms with Gasteiger partial charge in [0.2, 0.25) is 0 Å². The minimum atomic E-state index is -0.108. The van der Waals surface area contributed by atoms with Crippen LogP contribution >= 0.6 is 0 Å². The third kappa shape index (κ3) is 4.19. The van der Waals surface area contributed by atoms with Crippen LogP contribution in [0.2, 0.25) is 0 Å². The van der Waals surface area contributed by atoms with Gasteiger partial charge in [-0.25, -0.2) is 0 Å². The molecule has 0 radical (unpaired) electrons. The van der Waals surface area contributed by atoms with E-state index in [4.69, 9.17) is 9.47 Å². The molecule has 0 aliphatic heterocycles. The van der Waals surface area contributed by atoms with Crippen LogP contribution in [-0.2, 0) is 6.42 Å². The smallest absolute Gasteiger partial charge is 0.253 e. The van der Waals surface area contributed by atoms with Crippen LogP contribution in [0.4, 0.5) is 0 Å². The number of fused-ring (bicyclic) bond motifs is 1. The molecule has 1 N–H and O–H groups in total. The topological polar surface area (TPSA) is 60.5 Å². The average molecular weight is 364 g/mol. The van der Waals surface area contributed by atoms with Crippen LogP contribution in [0.3, 0.4) is 0 Å². The Balaban J connectivity index is 1.69. The second-order valence-corrected chi connectivity index (χ2v) is 6.51. The summed E-state index contributed by atoms with van der Waals surface area (Å²) in [5, 5.41) is 3.96. The zero-order valence-electron chi connectivity index (χ0n) is 16.1. The van der Waals surface area contributed by atoms with E-state index in [0.29, 0.717) is 30.0 Å². The van der Waals surface area contributed by atoms with Crippen LogP contribution in [0.25, 0.3) is 10.9 Å². The summed E-state index contributed by atoms with van der Waals surface area (Å²) in [7, 11) is 3.22. The largest absolute Gasteiger partial charge is 0.493 e. The fourth-order valence-electron chi connectivity index (χ4n) is 3.07. The Bertz CT molecular complexity index is 983. The number of benzene rings is 2. The summed E-state index contributed by atoms with van der Waals surface area (Å²) in [4.78, 5) is 17.2. The van der Waals surface area contributed by atoms with Gasteiger partial charge in [0.1, 0.15) is 0 Å². The van der Waals surface area contributed by atoms with Gasteiger partial charge in [0.05, 0.1) is 31.0 Å². The number of aryl methyl sites for hydroxylation is 2. The van der Waals surface area contributed by atoms with Crippen molar-refractivity contribution in [3.63, 3.8) is 0 Å². The van der Waals surface area contributed by atoms with E-state index in [2.05, 4.69) is 10.3 Å². The Labute approximate surface area is 159 Å². The SMILES string of the molecule is COc1ccc(CCNC(=O)c2cc3cc(C)ccc3nc2C)cc1OC. The number of rotatable bonds is 6. The van der Waals surface area contributed by atoms with Crippen LogP contribution in [0.5, 0.6) is 11.5 Å². The van der Waals surface area contributed by atoms with Gasteiger partial charge in [-0.15, -0.1) is 0 Å². The molecule has 0 atom stereocenters. The first-order valence-electron chi connectivity index (χ1n) is 8.89. The number of pyridine rings is 1. The second kappa shape index (κ2) is 8.08. The van der Waals surface area contributed by atoms with Gasteiger partial charge in [-0.1, -0.05) is 17.7 Å². The minimum Gasteiger partial charge on any atom is -0.493 e. The zero-order valence-corrected chi connectivity index (χ0v) is 16.1. The molecule has 1 heterocycles. The summed E-state index contributed by atoms with van der Waals surface area (Å²) in [6.07, 6.45) is 0.700. The summed E-state index contributed by atoms with van der Waals surface area (Å²) < 4.78 is 10.6. The number of nitrogens with zero attached hydrogens (tertiary/aromatic N) is 1. The number of aromatic nitrogens is 1. The molecule has 0 bridgehead atoms. The first-order valence-corrected chi connectivity index (χ1v) is 8.89. The number of ether oxygens (including phenoxy) is 2. The lowest BCUT2D eigenvalue weighted by Gasteiger charge is -2.11. The summed E-state index contributed by atoms with van der Waals surface area (Å²) in [5.41, 5.74) is 4.46. The van der Waals surface area contributed by atoms with E-state index in [1.807, 2.05) is 56.3 Å². The minimum absolute atomic E-state index is 0.108. The maximum absolute atomic E-state index is 12.6. The van der Waals surface area contributed by atoms with E-state index >= 15 is 0 Å². The van der Waals surface area contributed by atoms with E-state index in [0.717, 1.165) is 27.7 Å². The monoisotopic (exact) mass is 364 g/mol. The van der Waals surface area contributed by atoms with Crippen LogP contribution in [-0.4, -0.2) is 31.7 Å². The van der Waals surface area contributed by atoms with Crippen molar-refractivity contribution in [1.29, 1.82) is 0 Å². The van der Waals surface area contributed by atoms with Gasteiger partial charge >= 0.3 is 0 Å². The lowest BCUT2D eigenvalue weighted by Crippen LogP contribution is -2.26. The quantitative estimate of drug-likeness (QED) is 0.722. The van der Waals surface area contributed by atoms with E-state index in [9.17, 15) is 4.79 Å². The highest BCUT2D eigenvalue weighted by Crippen LogP contribution is 2.27.